The minimum Gasteiger partial charge on any atom is -0.495 e. The second-order valence-electron chi connectivity index (χ2n) is 8.04. The van der Waals surface area contributed by atoms with Crippen molar-refractivity contribution in [2.24, 2.45) is 0 Å². The highest BCUT2D eigenvalue weighted by Crippen LogP contribution is 2.30. The van der Waals surface area contributed by atoms with E-state index in [1.165, 1.54) is 4.57 Å². The maximum Gasteiger partial charge on any atom is 0.316 e. The van der Waals surface area contributed by atoms with Gasteiger partial charge in [0.05, 0.1) is 18.6 Å². The zero-order valence-corrected chi connectivity index (χ0v) is 20.1. The number of rotatable bonds is 7. The van der Waals surface area contributed by atoms with Gasteiger partial charge in [-0.25, -0.2) is 9.55 Å². The molecule has 8 heteroatoms. The number of nitrogens with zero attached hydrogens (tertiary/aromatic N) is 2. The normalized spacial score (nSPS) is 11.1. The van der Waals surface area contributed by atoms with Crippen molar-refractivity contribution in [1.82, 2.24) is 14.5 Å². The first-order chi connectivity index (χ1) is 17.0. The van der Waals surface area contributed by atoms with Gasteiger partial charge in [0.1, 0.15) is 23.4 Å². The standard InChI is InChI=1S/C27H23N3O4S/c1-17-12-13-22(33-2)21(14-17)30-26(32)25-24(19-10-6-7-11-20(19)28-25)29-27(30)35-16-23(31)34-15-18-8-4-3-5-9-18/h3-14,28H,15-16H2,1-2H3. The van der Waals surface area contributed by atoms with Crippen LogP contribution < -0.4 is 10.3 Å². The van der Waals surface area contributed by atoms with Crippen LogP contribution in [0.25, 0.3) is 27.6 Å². The lowest BCUT2D eigenvalue weighted by molar-refractivity contribution is -0.141. The molecule has 0 spiro atoms. The molecule has 0 aliphatic rings. The van der Waals surface area contributed by atoms with E-state index in [4.69, 9.17) is 14.5 Å². The summed E-state index contributed by atoms with van der Waals surface area (Å²) in [5, 5.41) is 1.23. The Labute approximate surface area is 205 Å². The lowest BCUT2D eigenvalue weighted by Crippen LogP contribution is -2.23. The van der Waals surface area contributed by atoms with Gasteiger partial charge in [0.15, 0.2) is 5.16 Å². The van der Waals surface area contributed by atoms with Gasteiger partial charge in [0.2, 0.25) is 0 Å². The molecule has 2 heterocycles. The van der Waals surface area contributed by atoms with Crippen LogP contribution in [0.3, 0.4) is 0 Å². The fourth-order valence-electron chi connectivity index (χ4n) is 3.93. The van der Waals surface area contributed by atoms with Gasteiger partial charge in [0, 0.05) is 10.9 Å². The molecule has 5 rings (SSSR count). The van der Waals surface area contributed by atoms with Crippen LogP contribution in [0.15, 0.2) is 82.7 Å². The summed E-state index contributed by atoms with van der Waals surface area (Å²) in [4.78, 5) is 34.3. The molecular formula is C27H23N3O4S. The number of ether oxygens (including phenoxy) is 2. The van der Waals surface area contributed by atoms with Gasteiger partial charge in [-0.1, -0.05) is 66.4 Å². The van der Waals surface area contributed by atoms with Gasteiger partial charge in [-0.15, -0.1) is 0 Å². The molecule has 0 aliphatic carbocycles. The second kappa shape index (κ2) is 9.68. The van der Waals surface area contributed by atoms with Crippen molar-refractivity contribution in [1.29, 1.82) is 0 Å². The largest absolute Gasteiger partial charge is 0.495 e. The number of nitrogens with one attached hydrogen (secondary N) is 1. The molecule has 0 radical (unpaired) electrons. The number of hydrogen-bond acceptors (Lipinski definition) is 6. The second-order valence-corrected chi connectivity index (χ2v) is 8.98. The number of hydrogen-bond donors (Lipinski definition) is 1. The van der Waals surface area contributed by atoms with Crippen molar-refractivity contribution >= 4 is 39.7 Å². The lowest BCUT2D eigenvalue weighted by atomic mass is 10.2. The molecule has 0 atom stereocenters. The summed E-state index contributed by atoms with van der Waals surface area (Å²) in [5.74, 6) is 0.139. The van der Waals surface area contributed by atoms with Crippen LogP contribution in [0.4, 0.5) is 0 Å². The molecule has 3 aromatic carbocycles. The highest BCUT2D eigenvalue weighted by atomic mass is 32.2. The maximum absolute atomic E-state index is 13.8. The molecule has 2 aromatic heterocycles. The first-order valence-electron chi connectivity index (χ1n) is 11.1. The predicted molar refractivity (Wildman–Crippen MR) is 137 cm³/mol. The molecule has 0 saturated heterocycles. The van der Waals surface area contributed by atoms with Gasteiger partial charge in [0.25, 0.3) is 5.56 Å². The van der Waals surface area contributed by atoms with Crippen LogP contribution in [0.1, 0.15) is 11.1 Å². The van der Waals surface area contributed by atoms with Crippen LogP contribution in [0.2, 0.25) is 0 Å². The van der Waals surface area contributed by atoms with Crippen molar-refractivity contribution < 1.29 is 14.3 Å². The number of thioether (sulfide) groups is 1. The van der Waals surface area contributed by atoms with Gasteiger partial charge < -0.3 is 14.5 Å². The summed E-state index contributed by atoms with van der Waals surface area (Å²) in [7, 11) is 1.56. The van der Waals surface area contributed by atoms with Gasteiger partial charge in [-0.05, 0) is 36.2 Å². The number of benzene rings is 3. The minimum atomic E-state index is -0.394. The number of carbonyl (C=O) groups excluding carboxylic acids is 1. The molecular weight excluding hydrogens is 462 g/mol. The quantitative estimate of drug-likeness (QED) is 0.198. The maximum atomic E-state index is 13.8. The monoisotopic (exact) mass is 485 g/mol. The molecule has 0 saturated carbocycles. The van der Waals surface area contributed by atoms with Crippen LogP contribution >= 0.6 is 11.8 Å². The molecule has 0 unspecified atom stereocenters. The molecule has 0 fully saturated rings. The summed E-state index contributed by atoms with van der Waals surface area (Å²) in [5.41, 5.74) is 3.94. The van der Waals surface area contributed by atoms with E-state index in [0.717, 1.165) is 33.8 Å². The van der Waals surface area contributed by atoms with Crippen LogP contribution in [0.5, 0.6) is 5.75 Å². The van der Waals surface area contributed by atoms with Crippen molar-refractivity contribution in [3.05, 3.63) is 94.3 Å². The van der Waals surface area contributed by atoms with E-state index in [-0.39, 0.29) is 17.9 Å². The van der Waals surface area contributed by atoms with Crippen LogP contribution in [-0.2, 0) is 16.1 Å². The third-order valence-electron chi connectivity index (χ3n) is 5.63. The topological polar surface area (TPSA) is 86.2 Å². The first-order valence-corrected chi connectivity index (χ1v) is 12.0. The van der Waals surface area contributed by atoms with E-state index in [1.54, 1.807) is 7.11 Å². The van der Waals surface area contributed by atoms with Crippen molar-refractivity contribution in [3.63, 3.8) is 0 Å². The molecule has 5 aromatic rings. The fourth-order valence-corrected chi connectivity index (χ4v) is 4.73. The first kappa shape index (κ1) is 22.7. The number of H-pyrrole nitrogens is 1. The zero-order valence-electron chi connectivity index (χ0n) is 19.3. The molecule has 0 bridgehead atoms. The third kappa shape index (κ3) is 4.52. The molecule has 176 valence electrons. The Morgan fingerprint density at radius 1 is 1.06 bits per heavy atom. The van der Waals surface area contributed by atoms with Crippen molar-refractivity contribution in [3.8, 4) is 11.4 Å². The molecule has 35 heavy (non-hydrogen) atoms. The highest BCUT2D eigenvalue weighted by molar-refractivity contribution is 7.99. The Morgan fingerprint density at radius 2 is 1.83 bits per heavy atom. The summed E-state index contributed by atoms with van der Waals surface area (Å²) >= 11 is 1.16. The van der Waals surface area contributed by atoms with Gasteiger partial charge >= 0.3 is 5.97 Å². The van der Waals surface area contributed by atoms with E-state index >= 15 is 0 Å². The van der Waals surface area contributed by atoms with E-state index in [1.807, 2.05) is 79.7 Å². The van der Waals surface area contributed by atoms with E-state index in [2.05, 4.69) is 4.98 Å². The zero-order chi connectivity index (χ0) is 24.4. The SMILES string of the molecule is COc1ccc(C)cc1-n1c(SCC(=O)OCc2ccccc2)nc2c([nH]c3ccccc32)c1=O. The van der Waals surface area contributed by atoms with Crippen LogP contribution in [-0.4, -0.2) is 33.4 Å². The van der Waals surface area contributed by atoms with Crippen molar-refractivity contribution in [2.75, 3.05) is 12.9 Å². The van der Waals surface area contributed by atoms with E-state index in [0.29, 0.717) is 27.6 Å². The number of para-hydroxylation sites is 1. The van der Waals surface area contributed by atoms with E-state index < -0.39 is 5.97 Å². The lowest BCUT2D eigenvalue weighted by Gasteiger charge is -2.15. The summed E-state index contributed by atoms with van der Waals surface area (Å²) < 4.78 is 12.5. The number of esters is 1. The number of aromatic amines is 1. The van der Waals surface area contributed by atoms with Crippen molar-refractivity contribution in [2.45, 2.75) is 18.7 Å². The van der Waals surface area contributed by atoms with Gasteiger partial charge in [-0.3, -0.25) is 9.59 Å². The number of fused-ring (bicyclic) bond motifs is 3. The molecule has 0 amide bonds. The predicted octanol–water partition coefficient (Wildman–Crippen LogP) is 5.02. The smallest absolute Gasteiger partial charge is 0.316 e. The fraction of sp³-hybridized carbons (Fsp3) is 0.148. The number of aryl methyl sites for hydroxylation is 1. The summed E-state index contributed by atoms with van der Waals surface area (Å²) in [6, 6.07) is 22.7. The Bertz CT molecular complexity index is 1590. The Hall–Kier alpha value is -4.04. The summed E-state index contributed by atoms with van der Waals surface area (Å²) in [6.45, 7) is 2.13. The minimum absolute atomic E-state index is 0.00126. The third-order valence-corrected chi connectivity index (χ3v) is 6.54. The highest BCUT2D eigenvalue weighted by Gasteiger charge is 2.20. The average Bonchev–Trinajstić information content (AvgIpc) is 3.26. The molecule has 7 nitrogen and oxygen atoms in total. The number of carbonyl (C=O) groups is 1. The Kier molecular flexibility index (Phi) is 6.29. The Balaban J connectivity index is 1.56. The molecule has 1 N–H and O–H groups in total. The van der Waals surface area contributed by atoms with E-state index in [9.17, 15) is 9.59 Å². The number of methoxy groups -OCH3 is 1. The average molecular weight is 486 g/mol. The Morgan fingerprint density at radius 3 is 2.63 bits per heavy atom. The van der Waals surface area contributed by atoms with Crippen LogP contribution in [0, 0.1) is 6.92 Å². The van der Waals surface area contributed by atoms with Gasteiger partial charge in [-0.2, -0.15) is 0 Å². The molecule has 0 aliphatic heterocycles. The number of aromatic nitrogens is 3. The summed E-state index contributed by atoms with van der Waals surface area (Å²) in [6.07, 6.45) is 0.